The highest BCUT2D eigenvalue weighted by atomic mass is 32.2. The molecule has 3 aromatic rings. The molecule has 0 aliphatic carbocycles. The molecular weight excluding hydrogens is 510 g/mol. The number of imide groups is 1. The number of anilines is 2. The Kier molecular flexibility index (Phi) is 8.23. The summed E-state index contributed by atoms with van der Waals surface area (Å²) in [5.74, 6) is 0.839. The Labute approximate surface area is 233 Å². The highest BCUT2D eigenvalue weighted by Gasteiger charge is 2.26. The fraction of sp³-hybridized carbons (Fsp3) is 0.345. The number of carbonyl (C=O) groups is 2. The number of hydrogen-bond donors (Lipinski definition) is 2. The molecule has 202 valence electrons. The quantitative estimate of drug-likeness (QED) is 0.404. The summed E-state index contributed by atoms with van der Waals surface area (Å²) < 4.78 is 0. The summed E-state index contributed by atoms with van der Waals surface area (Å²) in [4.78, 5) is 41.9. The van der Waals surface area contributed by atoms with Crippen LogP contribution in [0.25, 0.3) is 17.3 Å². The van der Waals surface area contributed by atoms with Gasteiger partial charge in [0.1, 0.15) is 0 Å². The summed E-state index contributed by atoms with van der Waals surface area (Å²) >= 11 is 0.892. The number of rotatable bonds is 8. The first kappa shape index (κ1) is 26.8. The van der Waals surface area contributed by atoms with E-state index in [9.17, 15) is 9.59 Å². The molecule has 2 fully saturated rings. The van der Waals surface area contributed by atoms with E-state index in [1.54, 1.807) is 18.3 Å². The minimum atomic E-state index is -0.380. The van der Waals surface area contributed by atoms with E-state index in [1.807, 2.05) is 14.1 Å². The van der Waals surface area contributed by atoms with Gasteiger partial charge in [0.25, 0.3) is 11.1 Å². The van der Waals surface area contributed by atoms with Gasteiger partial charge in [0, 0.05) is 51.2 Å². The van der Waals surface area contributed by atoms with Gasteiger partial charge in [0.15, 0.2) is 0 Å². The molecule has 5 rings (SSSR count). The first-order chi connectivity index (χ1) is 18.8. The van der Waals surface area contributed by atoms with Crippen molar-refractivity contribution in [2.24, 2.45) is 5.92 Å². The predicted molar refractivity (Wildman–Crippen MR) is 157 cm³/mol. The molecule has 2 N–H and O–H groups in total. The van der Waals surface area contributed by atoms with Crippen molar-refractivity contribution in [3.05, 3.63) is 70.5 Å². The van der Waals surface area contributed by atoms with Crippen molar-refractivity contribution in [2.45, 2.75) is 26.3 Å². The molecule has 10 heteroatoms. The van der Waals surface area contributed by atoms with Crippen molar-refractivity contribution < 1.29 is 9.59 Å². The highest BCUT2D eigenvalue weighted by Crippen LogP contribution is 2.27. The molecule has 4 heterocycles. The molecule has 2 aliphatic rings. The molecule has 2 saturated heterocycles. The Hall–Kier alpha value is -3.76. The van der Waals surface area contributed by atoms with Gasteiger partial charge in [-0.1, -0.05) is 12.1 Å². The van der Waals surface area contributed by atoms with Gasteiger partial charge in [-0.2, -0.15) is 0 Å². The minimum absolute atomic E-state index is 0.353. The van der Waals surface area contributed by atoms with E-state index in [-0.39, 0.29) is 11.1 Å². The number of piperidine rings is 1. The van der Waals surface area contributed by atoms with Crippen LogP contribution in [0.2, 0.25) is 0 Å². The van der Waals surface area contributed by atoms with Crippen LogP contribution in [0.4, 0.5) is 16.4 Å². The number of thioether (sulfide) groups is 1. The van der Waals surface area contributed by atoms with Crippen molar-refractivity contribution in [1.29, 1.82) is 0 Å². The van der Waals surface area contributed by atoms with Crippen LogP contribution in [0.15, 0.2) is 53.6 Å². The molecular formula is C29H33N7O2S. The van der Waals surface area contributed by atoms with Gasteiger partial charge < -0.3 is 15.1 Å². The van der Waals surface area contributed by atoms with Gasteiger partial charge in [0.05, 0.1) is 22.0 Å². The zero-order valence-corrected chi connectivity index (χ0v) is 23.3. The van der Waals surface area contributed by atoms with Crippen LogP contribution in [0.3, 0.4) is 0 Å². The number of carbonyl (C=O) groups excluding carboxylic acids is 2. The standard InChI is InChI=1S/C29H33N7O2S/c1-19-13-23(32-25(14-19)21-5-4-6-24(15-21)35(2)3)18-30-17-20-8-11-36(12-9-20)28-31-10-7-22(33-28)16-26-27(37)34-29(38)39-26/h4-7,10,13-16,20,30H,8-9,11-12,17-18H2,1-3H3,(H,34,37,38)/b26-16+. The molecule has 2 amide bonds. The molecule has 1 aromatic carbocycles. The van der Waals surface area contributed by atoms with E-state index in [2.05, 4.69) is 73.7 Å². The van der Waals surface area contributed by atoms with E-state index in [0.29, 0.717) is 22.5 Å². The topological polar surface area (TPSA) is 103 Å². The zero-order valence-electron chi connectivity index (χ0n) is 22.5. The molecule has 0 radical (unpaired) electrons. The fourth-order valence-electron chi connectivity index (χ4n) is 4.81. The lowest BCUT2D eigenvalue weighted by Crippen LogP contribution is -2.38. The Morgan fingerprint density at radius 1 is 1.13 bits per heavy atom. The normalized spacial score (nSPS) is 17.1. The monoisotopic (exact) mass is 543 g/mol. The SMILES string of the molecule is Cc1cc(CNCC2CCN(c3nccc(/C=C4/SC(=O)NC4=O)n3)CC2)nc(-c2cccc(N(C)C)c2)c1. The summed E-state index contributed by atoms with van der Waals surface area (Å²) in [6.45, 7) is 5.53. The van der Waals surface area contributed by atoms with Gasteiger partial charge in [-0.15, -0.1) is 0 Å². The lowest BCUT2D eigenvalue weighted by atomic mass is 9.97. The van der Waals surface area contributed by atoms with E-state index in [1.165, 1.54) is 5.56 Å². The number of amides is 2. The first-order valence-corrected chi connectivity index (χ1v) is 13.9. The average Bonchev–Trinajstić information content (AvgIpc) is 3.25. The molecule has 0 unspecified atom stereocenters. The fourth-order valence-corrected chi connectivity index (χ4v) is 5.48. The molecule has 0 saturated carbocycles. The lowest BCUT2D eigenvalue weighted by Gasteiger charge is -2.32. The van der Waals surface area contributed by atoms with Gasteiger partial charge in [-0.05, 0) is 86.0 Å². The van der Waals surface area contributed by atoms with Crippen molar-refractivity contribution in [3.63, 3.8) is 0 Å². The van der Waals surface area contributed by atoms with E-state index < -0.39 is 0 Å². The maximum absolute atomic E-state index is 11.8. The van der Waals surface area contributed by atoms with Crippen molar-refractivity contribution in [3.8, 4) is 11.3 Å². The number of aryl methyl sites for hydroxylation is 1. The second-order valence-electron chi connectivity index (χ2n) is 10.2. The molecule has 2 aliphatic heterocycles. The average molecular weight is 544 g/mol. The zero-order chi connectivity index (χ0) is 27.4. The summed E-state index contributed by atoms with van der Waals surface area (Å²) in [6, 6.07) is 14.5. The van der Waals surface area contributed by atoms with E-state index >= 15 is 0 Å². The second-order valence-corrected chi connectivity index (χ2v) is 11.2. The maximum Gasteiger partial charge on any atom is 0.290 e. The van der Waals surface area contributed by atoms with Crippen LogP contribution in [-0.2, 0) is 11.3 Å². The van der Waals surface area contributed by atoms with Crippen LogP contribution >= 0.6 is 11.8 Å². The van der Waals surface area contributed by atoms with Gasteiger partial charge in [0.2, 0.25) is 5.95 Å². The molecule has 39 heavy (non-hydrogen) atoms. The number of benzene rings is 1. The van der Waals surface area contributed by atoms with Crippen LogP contribution in [0.5, 0.6) is 0 Å². The third kappa shape index (κ3) is 6.82. The summed E-state index contributed by atoms with van der Waals surface area (Å²) in [5, 5.41) is 5.53. The van der Waals surface area contributed by atoms with Crippen LogP contribution in [-0.4, -0.2) is 59.8 Å². The number of nitrogens with zero attached hydrogens (tertiary/aromatic N) is 5. The van der Waals surface area contributed by atoms with E-state index in [0.717, 1.165) is 73.4 Å². The van der Waals surface area contributed by atoms with E-state index in [4.69, 9.17) is 4.98 Å². The largest absolute Gasteiger partial charge is 0.378 e. The first-order valence-electron chi connectivity index (χ1n) is 13.1. The summed E-state index contributed by atoms with van der Waals surface area (Å²) in [6.07, 6.45) is 5.41. The second kappa shape index (κ2) is 12.0. The Morgan fingerprint density at radius 2 is 1.95 bits per heavy atom. The predicted octanol–water partition coefficient (Wildman–Crippen LogP) is 4.24. The lowest BCUT2D eigenvalue weighted by molar-refractivity contribution is -0.115. The molecule has 2 aromatic heterocycles. The molecule has 0 bridgehead atoms. The Morgan fingerprint density at radius 3 is 2.69 bits per heavy atom. The maximum atomic E-state index is 11.8. The Balaban J connectivity index is 1.14. The molecule has 0 atom stereocenters. The van der Waals surface area contributed by atoms with Gasteiger partial charge in [-0.3, -0.25) is 19.9 Å². The van der Waals surface area contributed by atoms with Gasteiger partial charge >= 0.3 is 0 Å². The third-order valence-corrected chi connectivity index (χ3v) is 7.71. The summed E-state index contributed by atoms with van der Waals surface area (Å²) in [7, 11) is 4.10. The highest BCUT2D eigenvalue weighted by molar-refractivity contribution is 8.18. The summed E-state index contributed by atoms with van der Waals surface area (Å²) in [5.41, 5.74) is 6.16. The van der Waals surface area contributed by atoms with Crippen molar-refractivity contribution in [2.75, 3.05) is 43.5 Å². The number of nitrogens with one attached hydrogen (secondary N) is 2. The molecule has 9 nitrogen and oxygen atoms in total. The van der Waals surface area contributed by atoms with Crippen molar-refractivity contribution in [1.82, 2.24) is 25.6 Å². The van der Waals surface area contributed by atoms with Crippen molar-refractivity contribution >= 4 is 40.6 Å². The third-order valence-electron chi connectivity index (χ3n) is 6.90. The number of hydrogen-bond acceptors (Lipinski definition) is 9. The van der Waals surface area contributed by atoms with Crippen LogP contribution < -0.4 is 20.4 Å². The van der Waals surface area contributed by atoms with Gasteiger partial charge in [-0.25, -0.2) is 9.97 Å². The minimum Gasteiger partial charge on any atom is -0.378 e. The Bertz CT molecular complexity index is 1400. The number of aromatic nitrogens is 3. The van der Waals surface area contributed by atoms with Crippen LogP contribution in [0.1, 0.15) is 29.8 Å². The molecule has 0 spiro atoms. The number of pyridine rings is 1. The van der Waals surface area contributed by atoms with Crippen LogP contribution in [0, 0.1) is 12.8 Å². The smallest absolute Gasteiger partial charge is 0.290 e.